The second-order valence-electron chi connectivity index (χ2n) is 5.13. The number of thioether (sulfide) groups is 1. The molecule has 2 aliphatic rings. The highest BCUT2D eigenvalue weighted by Crippen LogP contribution is 2.30. The summed E-state index contributed by atoms with van der Waals surface area (Å²) in [6.45, 7) is 4.56. The second kappa shape index (κ2) is 5.44. The summed E-state index contributed by atoms with van der Waals surface area (Å²) in [5.74, 6) is 1.20. The summed E-state index contributed by atoms with van der Waals surface area (Å²) in [6.07, 6.45) is 9.18. The van der Waals surface area contributed by atoms with Crippen LogP contribution in [0.5, 0.6) is 0 Å². The molecule has 1 heterocycles. The van der Waals surface area contributed by atoms with Crippen molar-refractivity contribution in [2.24, 2.45) is 4.99 Å². The molecule has 0 unspecified atom stereocenters. The van der Waals surface area contributed by atoms with Gasteiger partial charge in [0.1, 0.15) is 0 Å². The van der Waals surface area contributed by atoms with Crippen molar-refractivity contribution in [3.8, 4) is 0 Å². The van der Waals surface area contributed by atoms with Gasteiger partial charge in [-0.1, -0.05) is 44.9 Å². The lowest BCUT2D eigenvalue weighted by Gasteiger charge is -2.26. The number of rotatable bonds is 3. The Morgan fingerprint density at radius 1 is 1.25 bits per heavy atom. The molecule has 16 heavy (non-hydrogen) atoms. The van der Waals surface area contributed by atoms with E-state index in [0.29, 0.717) is 11.6 Å². The Morgan fingerprint density at radius 2 is 1.94 bits per heavy atom. The predicted octanol–water partition coefficient (Wildman–Crippen LogP) is 3.57. The summed E-state index contributed by atoms with van der Waals surface area (Å²) in [5, 5.41) is 4.88. The lowest BCUT2D eigenvalue weighted by Crippen LogP contribution is -2.42. The first-order valence-electron chi connectivity index (χ1n) is 6.77. The standard InChI is InChI=1S/C13H24N2S/c1-3-13(4-2)10-16-12(15-13)14-11-8-6-5-7-9-11/h11H,3-10H2,1-2H3,(H,14,15). The fraction of sp³-hybridized carbons (Fsp3) is 0.923. The Labute approximate surface area is 104 Å². The molecule has 3 heteroatoms. The molecule has 2 rings (SSSR count). The summed E-state index contributed by atoms with van der Waals surface area (Å²) in [6, 6.07) is 0.605. The first-order valence-corrected chi connectivity index (χ1v) is 7.75. The molecule has 0 spiro atoms. The molecule has 1 saturated carbocycles. The van der Waals surface area contributed by atoms with Crippen molar-refractivity contribution in [1.29, 1.82) is 0 Å². The molecular weight excluding hydrogens is 216 g/mol. The Morgan fingerprint density at radius 3 is 2.50 bits per heavy atom. The molecule has 0 atom stereocenters. The largest absolute Gasteiger partial charge is 0.359 e. The zero-order valence-electron chi connectivity index (χ0n) is 10.6. The van der Waals surface area contributed by atoms with E-state index in [1.807, 2.05) is 11.8 Å². The monoisotopic (exact) mass is 240 g/mol. The molecule has 0 aromatic carbocycles. The number of nitrogens with zero attached hydrogens (tertiary/aromatic N) is 1. The van der Waals surface area contributed by atoms with Crippen LogP contribution in [0.15, 0.2) is 4.99 Å². The third-order valence-corrected chi connectivity index (χ3v) is 5.26. The number of amidine groups is 1. The van der Waals surface area contributed by atoms with Gasteiger partial charge in [0.2, 0.25) is 0 Å². The van der Waals surface area contributed by atoms with E-state index < -0.39 is 0 Å². The molecule has 1 saturated heterocycles. The molecule has 0 amide bonds. The average molecular weight is 240 g/mol. The van der Waals surface area contributed by atoms with Crippen molar-refractivity contribution >= 4 is 16.9 Å². The van der Waals surface area contributed by atoms with Crippen LogP contribution in [0.2, 0.25) is 0 Å². The van der Waals surface area contributed by atoms with E-state index in [9.17, 15) is 0 Å². The molecule has 1 N–H and O–H groups in total. The summed E-state index contributed by atoms with van der Waals surface area (Å²) in [7, 11) is 0. The zero-order chi connectivity index (χ0) is 11.4. The minimum atomic E-state index is 0.332. The normalized spacial score (nSPS) is 28.2. The first-order chi connectivity index (χ1) is 7.78. The highest BCUT2D eigenvalue weighted by molar-refractivity contribution is 8.14. The van der Waals surface area contributed by atoms with E-state index in [4.69, 9.17) is 4.99 Å². The Hall–Kier alpha value is -0.180. The zero-order valence-corrected chi connectivity index (χ0v) is 11.4. The highest BCUT2D eigenvalue weighted by atomic mass is 32.2. The minimum absolute atomic E-state index is 0.332. The SMILES string of the molecule is CCC1(CC)CSC(=NC2CCCCC2)N1. The summed E-state index contributed by atoms with van der Waals surface area (Å²) < 4.78 is 0. The van der Waals surface area contributed by atoms with Crippen molar-refractivity contribution < 1.29 is 0 Å². The van der Waals surface area contributed by atoms with Crippen LogP contribution in [-0.2, 0) is 0 Å². The van der Waals surface area contributed by atoms with E-state index in [2.05, 4.69) is 19.2 Å². The predicted molar refractivity (Wildman–Crippen MR) is 73.2 cm³/mol. The maximum atomic E-state index is 4.89. The lowest BCUT2D eigenvalue weighted by molar-refractivity contribution is 0.403. The molecule has 0 aromatic heterocycles. The van der Waals surface area contributed by atoms with Gasteiger partial charge in [0, 0.05) is 11.3 Å². The van der Waals surface area contributed by atoms with Gasteiger partial charge in [-0.3, -0.25) is 4.99 Å². The van der Waals surface area contributed by atoms with Crippen molar-refractivity contribution in [3.05, 3.63) is 0 Å². The third kappa shape index (κ3) is 2.73. The molecule has 2 fully saturated rings. The topological polar surface area (TPSA) is 24.4 Å². The van der Waals surface area contributed by atoms with Crippen molar-refractivity contribution in [1.82, 2.24) is 5.32 Å². The Kier molecular flexibility index (Phi) is 4.17. The quantitative estimate of drug-likeness (QED) is 0.815. The van der Waals surface area contributed by atoms with Gasteiger partial charge in [0.15, 0.2) is 5.17 Å². The second-order valence-corrected chi connectivity index (χ2v) is 6.09. The van der Waals surface area contributed by atoms with Gasteiger partial charge in [-0.15, -0.1) is 0 Å². The van der Waals surface area contributed by atoms with Crippen molar-refractivity contribution in [2.75, 3.05) is 5.75 Å². The molecule has 2 nitrogen and oxygen atoms in total. The minimum Gasteiger partial charge on any atom is -0.359 e. The summed E-state index contributed by atoms with van der Waals surface area (Å²) in [4.78, 5) is 4.89. The van der Waals surface area contributed by atoms with E-state index >= 15 is 0 Å². The van der Waals surface area contributed by atoms with Crippen molar-refractivity contribution in [3.63, 3.8) is 0 Å². The van der Waals surface area contributed by atoms with Crippen LogP contribution < -0.4 is 5.32 Å². The van der Waals surface area contributed by atoms with Crippen LogP contribution in [0.1, 0.15) is 58.8 Å². The molecule has 0 bridgehead atoms. The lowest BCUT2D eigenvalue weighted by atomic mass is 9.95. The van der Waals surface area contributed by atoms with Crippen molar-refractivity contribution in [2.45, 2.75) is 70.4 Å². The van der Waals surface area contributed by atoms with E-state index in [1.165, 1.54) is 55.9 Å². The van der Waals surface area contributed by atoms with Crippen LogP contribution in [0.3, 0.4) is 0 Å². The van der Waals surface area contributed by atoms with E-state index in [-0.39, 0.29) is 0 Å². The average Bonchev–Trinajstić information content (AvgIpc) is 2.75. The van der Waals surface area contributed by atoms with Gasteiger partial charge in [-0.05, 0) is 25.7 Å². The number of nitrogens with one attached hydrogen (secondary N) is 1. The van der Waals surface area contributed by atoms with E-state index in [1.54, 1.807) is 0 Å². The van der Waals surface area contributed by atoms with Crippen LogP contribution in [0.25, 0.3) is 0 Å². The molecule has 1 aliphatic carbocycles. The number of aliphatic imine (C=N–C) groups is 1. The van der Waals surface area contributed by atoms with Gasteiger partial charge >= 0.3 is 0 Å². The molecule has 1 aliphatic heterocycles. The maximum Gasteiger partial charge on any atom is 0.157 e. The Balaban J connectivity index is 1.93. The van der Waals surface area contributed by atoms with Gasteiger partial charge in [0.05, 0.1) is 6.04 Å². The smallest absolute Gasteiger partial charge is 0.157 e. The third-order valence-electron chi connectivity index (χ3n) is 4.09. The van der Waals surface area contributed by atoms with Gasteiger partial charge < -0.3 is 5.32 Å². The summed E-state index contributed by atoms with van der Waals surface area (Å²) >= 11 is 1.93. The van der Waals surface area contributed by atoms with Crippen LogP contribution >= 0.6 is 11.8 Å². The van der Waals surface area contributed by atoms with Gasteiger partial charge in [0.25, 0.3) is 0 Å². The van der Waals surface area contributed by atoms with Gasteiger partial charge in [-0.25, -0.2) is 0 Å². The highest BCUT2D eigenvalue weighted by Gasteiger charge is 2.34. The summed E-state index contributed by atoms with van der Waals surface area (Å²) in [5.41, 5.74) is 0.332. The van der Waals surface area contributed by atoms with Crippen LogP contribution in [0, 0.1) is 0 Å². The number of hydrogen-bond acceptors (Lipinski definition) is 2. The molecule has 0 radical (unpaired) electrons. The van der Waals surface area contributed by atoms with Gasteiger partial charge in [-0.2, -0.15) is 0 Å². The van der Waals surface area contributed by atoms with Crippen LogP contribution in [0.4, 0.5) is 0 Å². The maximum absolute atomic E-state index is 4.89. The molecule has 92 valence electrons. The molecular formula is C13H24N2S. The fourth-order valence-electron chi connectivity index (χ4n) is 2.58. The fourth-order valence-corrected chi connectivity index (χ4v) is 3.99. The number of hydrogen-bond donors (Lipinski definition) is 1. The van der Waals surface area contributed by atoms with E-state index in [0.717, 1.165) is 0 Å². The van der Waals surface area contributed by atoms with Crippen LogP contribution in [-0.4, -0.2) is 22.5 Å². The first kappa shape index (κ1) is 12.3. The molecule has 0 aromatic rings. The Bertz CT molecular complexity index is 253.